The predicted octanol–water partition coefficient (Wildman–Crippen LogP) is 2.69. The molecule has 1 aromatic heterocycles. The Labute approximate surface area is 145 Å². The van der Waals surface area contributed by atoms with Crippen molar-refractivity contribution in [2.75, 3.05) is 20.2 Å². The quantitative estimate of drug-likeness (QED) is 0.778. The number of nitrogens with zero attached hydrogens (tertiary/aromatic N) is 2. The number of carbonyl (C=O) groups excluding carboxylic acids is 1. The molecule has 6 nitrogen and oxygen atoms in total. The molecule has 0 bridgehead atoms. The molecule has 0 atom stereocenters. The molecule has 2 aromatic rings. The lowest BCUT2D eigenvalue weighted by Gasteiger charge is -2.16. The van der Waals surface area contributed by atoms with E-state index in [9.17, 15) is 13.2 Å². The first kappa shape index (κ1) is 17.1. The molecule has 3 rings (SSSR count). The van der Waals surface area contributed by atoms with Gasteiger partial charge in [-0.15, -0.1) is 11.3 Å². The Kier molecular flexibility index (Phi) is 4.71. The van der Waals surface area contributed by atoms with Crippen LogP contribution < -0.4 is 0 Å². The maximum Gasteiger partial charge on any atom is 0.337 e. The Hall–Kier alpha value is -1.77. The Morgan fingerprint density at radius 1 is 1.25 bits per heavy atom. The molecule has 0 unspecified atom stereocenters. The number of ether oxygens (including phenoxy) is 1. The van der Waals surface area contributed by atoms with Gasteiger partial charge in [-0.25, -0.2) is 18.2 Å². The number of carbonyl (C=O) groups is 1. The number of aryl methyl sites for hydroxylation is 1. The topological polar surface area (TPSA) is 76.6 Å². The van der Waals surface area contributed by atoms with Gasteiger partial charge in [-0.05, 0) is 38.0 Å². The van der Waals surface area contributed by atoms with Crippen LogP contribution in [0.15, 0.2) is 29.3 Å². The van der Waals surface area contributed by atoms with Crippen LogP contribution in [0.5, 0.6) is 0 Å². The normalized spacial score (nSPS) is 15.6. The predicted molar refractivity (Wildman–Crippen MR) is 91.6 cm³/mol. The summed E-state index contributed by atoms with van der Waals surface area (Å²) in [6.07, 6.45) is 3.43. The Morgan fingerprint density at radius 3 is 2.54 bits per heavy atom. The lowest BCUT2D eigenvalue weighted by atomic mass is 10.1. The summed E-state index contributed by atoms with van der Waals surface area (Å²) in [6, 6.07) is 4.58. The van der Waals surface area contributed by atoms with E-state index in [1.165, 1.54) is 28.8 Å². The number of esters is 1. The average molecular weight is 366 g/mol. The fourth-order valence-electron chi connectivity index (χ4n) is 2.67. The van der Waals surface area contributed by atoms with Gasteiger partial charge in [0, 0.05) is 29.7 Å². The van der Waals surface area contributed by atoms with Gasteiger partial charge in [-0.1, -0.05) is 0 Å². The van der Waals surface area contributed by atoms with Crippen molar-refractivity contribution in [1.29, 1.82) is 0 Å². The molecule has 128 valence electrons. The van der Waals surface area contributed by atoms with Crippen LogP contribution in [0.1, 0.15) is 28.1 Å². The fraction of sp³-hybridized carbons (Fsp3) is 0.375. The van der Waals surface area contributed by atoms with E-state index in [0.717, 1.165) is 17.7 Å². The van der Waals surface area contributed by atoms with Crippen LogP contribution in [0.25, 0.3) is 10.6 Å². The molecule has 0 saturated carbocycles. The van der Waals surface area contributed by atoms with Gasteiger partial charge in [0.1, 0.15) is 5.01 Å². The van der Waals surface area contributed by atoms with Crippen LogP contribution in [0.3, 0.4) is 0 Å². The summed E-state index contributed by atoms with van der Waals surface area (Å²) >= 11 is 1.45. The highest BCUT2D eigenvalue weighted by molar-refractivity contribution is 7.89. The van der Waals surface area contributed by atoms with E-state index in [2.05, 4.69) is 4.98 Å². The van der Waals surface area contributed by atoms with Gasteiger partial charge in [0.25, 0.3) is 0 Å². The van der Waals surface area contributed by atoms with Crippen molar-refractivity contribution >= 4 is 27.3 Å². The SMILES string of the molecule is COC(=O)c1cc(-c2ncc(C)s2)cc(S(=O)(=O)N2CCCC2)c1. The summed E-state index contributed by atoms with van der Waals surface area (Å²) in [6.45, 7) is 2.94. The van der Waals surface area contributed by atoms with Crippen LogP contribution in [0, 0.1) is 6.92 Å². The van der Waals surface area contributed by atoms with E-state index in [0.29, 0.717) is 23.7 Å². The molecule has 0 N–H and O–H groups in total. The fourth-order valence-corrected chi connectivity index (χ4v) is 5.01. The second-order valence-corrected chi connectivity index (χ2v) is 8.80. The zero-order valence-corrected chi connectivity index (χ0v) is 15.1. The van der Waals surface area contributed by atoms with Crippen molar-refractivity contribution < 1.29 is 17.9 Å². The molecule has 1 fully saturated rings. The van der Waals surface area contributed by atoms with Gasteiger partial charge in [0.05, 0.1) is 17.6 Å². The van der Waals surface area contributed by atoms with Crippen LogP contribution in [0.4, 0.5) is 0 Å². The number of sulfonamides is 1. The largest absolute Gasteiger partial charge is 0.465 e. The third-order valence-electron chi connectivity index (χ3n) is 3.90. The second kappa shape index (κ2) is 6.62. The zero-order valence-electron chi connectivity index (χ0n) is 13.5. The number of hydrogen-bond donors (Lipinski definition) is 0. The standard InChI is InChI=1S/C16H18N2O4S2/c1-11-10-17-15(23-11)12-7-13(16(19)22-2)9-14(8-12)24(20,21)18-5-3-4-6-18/h7-10H,3-6H2,1-2H3. The molecule has 0 aliphatic carbocycles. The molecular weight excluding hydrogens is 348 g/mol. The zero-order chi connectivity index (χ0) is 17.3. The first-order chi connectivity index (χ1) is 11.4. The van der Waals surface area contributed by atoms with Crippen molar-refractivity contribution in [3.05, 3.63) is 34.8 Å². The summed E-state index contributed by atoms with van der Waals surface area (Å²) in [7, 11) is -2.35. The minimum absolute atomic E-state index is 0.107. The van der Waals surface area contributed by atoms with E-state index in [4.69, 9.17) is 4.74 Å². The second-order valence-electron chi connectivity index (χ2n) is 5.62. The van der Waals surface area contributed by atoms with Gasteiger partial charge >= 0.3 is 5.97 Å². The van der Waals surface area contributed by atoms with Crippen LogP contribution in [-0.2, 0) is 14.8 Å². The summed E-state index contributed by atoms with van der Waals surface area (Å²) in [5.41, 5.74) is 0.814. The molecule has 8 heteroatoms. The molecule has 2 heterocycles. The van der Waals surface area contributed by atoms with Gasteiger partial charge in [-0.3, -0.25) is 0 Å². The minimum Gasteiger partial charge on any atom is -0.465 e. The van der Waals surface area contributed by atoms with Crippen molar-refractivity contribution in [1.82, 2.24) is 9.29 Å². The summed E-state index contributed by atoms with van der Waals surface area (Å²) < 4.78 is 31.9. The Balaban J connectivity index is 2.13. The molecule has 1 saturated heterocycles. The number of hydrogen-bond acceptors (Lipinski definition) is 6. The van der Waals surface area contributed by atoms with Crippen LogP contribution in [-0.4, -0.2) is 43.9 Å². The molecular formula is C16H18N2O4S2. The minimum atomic E-state index is -3.62. The highest BCUT2D eigenvalue weighted by Crippen LogP contribution is 2.30. The number of methoxy groups -OCH3 is 1. The smallest absolute Gasteiger partial charge is 0.337 e. The number of thiazole rings is 1. The monoisotopic (exact) mass is 366 g/mol. The van der Waals surface area contributed by atoms with E-state index in [1.807, 2.05) is 6.92 Å². The first-order valence-electron chi connectivity index (χ1n) is 7.58. The summed E-state index contributed by atoms with van der Waals surface area (Å²) in [4.78, 5) is 17.4. The highest BCUT2D eigenvalue weighted by atomic mass is 32.2. The lowest BCUT2D eigenvalue weighted by Crippen LogP contribution is -2.28. The molecule has 0 radical (unpaired) electrons. The molecule has 1 aliphatic heterocycles. The Bertz CT molecular complexity index is 868. The maximum atomic E-state index is 12.8. The van der Waals surface area contributed by atoms with Crippen molar-refractivity contribution in [2.45, 2.75) is 24.7 Å². The molecule has 1 aromatic carbocycles. The van der Waals surface area contributed by atoms with E-state index < -0.39 is 16.0 Å². The average Bonchev–Trinajstić information content (AvgIpc) is 3.25. The van der Waals surface area contributed by atoms with Crippen molar-refractivity contribution in [3.8, 4) is 10.6 Å². The highest BCUT2D eigenvalue weighted by Gasteiger charge is 2.28. The first-order valence-corrected chi connectivity index (χ1v) is 9.84. The number of aromatic nitrogens is 1. The summed E-state index contributed by atoms with van der Waals surface area (Å²) in [5.74, 6) is -0.567. The van der Waals surface area contributed by atoms with Gasteiger partial charge in [0.2, 0.25) is 10.0 Å². The van der Waals surface area contributed by atoms with E-state index in [1.54, 1.807) is 18.3 Å². The van der Waals surface area contributed by atoms with Gasteiger partial charge < -0.3 is 4.74 Å². The van der Waals surface area contributed by atoms with Crippen LogP contribution >= 0.6 is 11.3 Å². The number of rotatable bonds is 4. The summed E-state index contributed by atoms with van der Waals surface area (Å²) in [5, 5.41) is 0.677. The van der Waals surface area contributed by atoms with E-state index in [-0.39, 0.29) is 10.5 Å². The third-order valence-corrected chi connectivity index (χ3v) is 6.74. The molecule has 0 amide bonds. The molecule has 0 spiro atoms. The van der Waals surface area contributed by atoms with Crippen molar-refractivity contribution in [3.63, 3.8) is 0 Å². The molecule has 24 heavy (non-hydrogen) atoms. The van der Waals surface area contributed by atoms with Gasteiger partial charge in [-0.2, -0.15) is 4.31 Å². The third kappa shape index (κ3) is 3.22. The van der Waals surface area contributed by atoms with Crippen molar-refractivity contribution in [2.24, 2.45) is 0 Å². The lowest BCUT2D eigenvalue weighted by molar-refractivity contribution is 0.0600. The Morgan fingerprint density at radius 2 is 1.96 bits per heavy atom. The van der Waals surface area contributed by atoms with Crippen LogP contribution in [0.2, 0.25) is 0 Å². The molecule has 1 aliphatic rings. The number of benzene rings is 1. The van der Waals surface area contributed by atoms with Gasteiger partial charge in [0.15, 0.2) is 0 Å². The maximum absolute atomic E-state index is 12.8. The van der Waals surface area contributed by atoms with E-state index >= 15 is 0 Å².